The fourth-order valence-electron chi connectivity index (χ4n) is 3.32. The lowest BCUT2D eigenvalue weighted by Gasteiger charge is -2.39. The molecule has 1 amide bonds. The molecule has 3 nitrogen and oxygen atoms in total. The zero-order valence-electron chi connectivity index (χ0n) is 13.7. The summed E-state index contributed by atoms with van der Waals surface area (Å²) in [5.74, 6) is 0.105. The van der Waals surface area contributed by atoms with Crippen molar-refractivity contribution in [2.45, 2.75) is 37.2 Å². The zero-order valence-corrected chi connectivity index (χ0v) is 14.6. The minimum atomic E-state index is 0.105. The summed E-state index contributed by atoms with van der Waals surface area (Å²) in [4.78, 5) is 15.2. The molecule has 2 aromatic carbocycles. The quantitative estimate of drug-likeness (QED) is 0.829. The summed E-state index contributed by atoms with van der Waals surface area (Å²) in [5.41, 5.74) is 3.35. The molecule has 0 aromatic heterocycles. The maximum Gasteiger partial charge on any atom is 0.224 e. The Morgan fingerprint density at radius 2 is 1.96 bits per heavy atom. The minimum absolute atomic E-state index is 0.105. The second-order valence-corrected chi connectivity index (χ2v) is 6.84. The van der Waals surface area contributed by atoms with E-state index in [1.807, 2.05) is 23.1 Å². The van der Waals surface area contributed by atoms with Crippen molar-refractivity contribution in [1.29, 1.82) is 0 Å². The molecule has 0 spiro atoms. The third-order valence-corrected chi connectivity index (χ3v) is 5.07. The molecule has 120 valence electrons. The second-order valence-electron chi connectivity index (χ2n) is 5.96. The van der Waals surface area contributed by atoms with Gasteiger partial charge in [0.2, 0.25) is 5.91 Å². The Morgan fingerprint density at radius 3 is 2.61 bits per heavy atom. The molecule has 0 bridgehead atoms. The van der Waals surface area contributed by atoms with E-state index in [-0.39, 0.29) is 18.0 Å². The lowest BCUT2D eigenvalue weighted by Crippen LogP contribution is -2.43. The molecule has 2 atom stereocenters. The van der Waals surface area contributed by atoms with Gasteiger partial charge in [0.05, 0.1) is 6.04 Å². The van der Waals surface area contributed by atoms with Crippen LogP contribution in [0.25, 0.3) is 0 Å². The van der Waals surface area contributed by atoms with Crippen LogP contribution in [0.5, 0.6) is 0 Å². The highest BCUT2D eigenvalue weighted by atomic mass is 32.2. The number of benzene rings is 2. The third kappa shape index (κ3) is 3.22. The van der Waals surface area contributed by atoms with E-state index >= 15 is 0 Å². The van der Waals surface area contributed by atoms with E-state index < -0.39 is 0 Å². The molecule has 0 unspecified atom stereocenters. The number of para-hydroxylation sites is 1. The van der Waals surface area contributed by atoms with Crippen LogP contribution in [-0.2, 0) is 4.79 Å². The van der Waals surface area contributed by atoms with Crippen LogP contribution < -0.4 is 10.2 Å². The first-order valence-corrected chi connectivity index (χ1v) is 9.12. The van der Waals surface area contributed by atoms with E-state index in [1.165, 1.54) is 10.5 Å². The summed E-state index contributed by atoms with van der Waals surface area (Å²) >= 11 is 1.73. The van der Waals surface area contributed by atoms with Crippen molar-refractivity contribution >= 4 is 29.0 Å². The molecule has 4 heteroatoms. The number of carbonyl (C=O) groups is 1. The molecule has 1 aliphatic heterocycles. The normalized spacial score (nSPS) is 20.0. The van der Waals surface area contributed by atoms with Crippen LogP contribution in [-0.4, -0.2) is 18.2 Å². The molecule has 0 aliphatic carbocycles. The highest BCUT2D eigenvalue weighted by Crippen LogP contribution is 2.40. The maximum absolute atomic E-state index is 12.1. The van der Waals surface area contributed by atoms with E-state index in [4.69, 9.17) is 0 Å². The molecule has 0 saturated carbocycles. The van der Waals surface area contributed by atoms with Gasteiger partial charge in [0.1, 0.15) is 0 Å². The van der Waals surface area contributed by atoms with Crippen molar-refractivity contribution in [3.05, 3.63) is 54.1 Å². The largest absolute Gasteiger partial charge is 0.378 e. The molecular formula is C19H22N2OS. The fraction of sp³-hybridized carbons (Fsp3) is 0.316. The molecule has 2 aromatic rings. The lowest BCUT2D eigenvalue weighted by atomic mass is 9.91. The van der Waals surface area contributed by atoms with Gasteiger partial charge in [-0.15, -0.1) is 11.8 Å². The zero-order chi connectivity index (χ0) is 16.4. The van der Waals surface area contributed by atoms with E-state index in [0.717, 1.165) is 17.8 Å². The Hall–Kier alpha value is -1.94. The molecule has 0 saturated heterocycles. The molecular weight excluding hydrogens is 304 g/mol. The highest BCUT2D eigenvalue weighted by molar-refractivity contribution is 7.98. The first-order chi connectivity index (χ1) is 11.1. The Labute approximate surface area is 142 Å². The second kappa shape index (κ2) is 6.67. The molecule has 3 rings (SSSR count). The molecule has 0 radical (unpaired) electrons. The van der Waals surface area contributed by atoms with Crippen LogP contribution in [0, 0.1) is 0 Å². The molecule has 0 fully saturated rings. The minimum Gasteiger partial charge on any atom is -0.378 e. The van der Waals surface area contributed by atoms with Crippen LogP contribution >= 0.6 is 11.8 Å². The topological polar surface area (TPSA) is 32.3 Å². The van der Waals surface area contributed by atoms with E-state index in [0.29, 0.717) is 0 Å². The first-order valence-electron chi connectivity index (χ1n) is 7.89. The number of thioether (sulfide) groups is 1. The Balaban J connectivity index is 2.01. The van der Waals surface area contributed by atoms with Crippen LogP contribution in [0.15, 0.2) is 53.4 Å². The maximum atomic E-state index is 12.1. The Morgan fingerprint density at radius 1 is 1.22 bits per heavy atom. The standard InChI is InChI=1S/C19H22N2OS/c1-13-11-18(20-15-7-5-4-6-8-15)17-12-16(23-3)9-10-19(17)21(13)14(2)22/h4-10,12-13,18,20H,11H2,1-3H3/t13-,18+/m0/s1. The number of fused-ring (bicyclic) bond motifs is 1. The van der Waals surface area contributed by atoms with Crippen molar-refractivity contribution in [3.63, 3.8) is 0 Å². The molecule has 1 aliphatic rings. The van der Waals surface area contributed by atoms with Crippen LogP contribution in [0.2, 0.25) is 0 Å². The van der Waals surface area contributed by atoms with Crippen molar-refractivity contribution in [3.8, 4) is 0 Å². The summed E-state index contributed by atoms with van der Waals surface area (Å²) in [6.07, 6.45) is 2.98. The summed E-state index contributed by atoms with van der Waals surface area (Å²) < 4.78 is 0. The van der Waals surface area contributed by atoms with Crippen molar-refractivity contribution < 1.29 is 4.79 Å². The van der Waals surface area contributed by atoms with Crippen LogP contribution in [0.4, 0.5) is 11.4 Å². The number of nitrogens with one attached hydrogen (secondary N) is 1. The van der Waals surface area contributed by atoms with E-state index in [9.17, 15) is 4.79 Å². The number of hydrogen-bond acceptors (Lipinski definition) is 3. The smallest absolute Gasteiger partial charge is 0.224 e. The molecule has 1 N–H and O–H groups in total. The van der Waals surface area contributed by atoms with Gasteiger partial charge in [-0.1, -0.05) is 18.2 Å². The monoisotopic (exact) mass is 326 g/mol. The predicted molar refractivity (Wildman–Crippen MR) is 98.3 cm³/mol. The highest BCUT2D eigenvalue weighted by Gasteiger charge is 2.32. The molecule has 23 heavy (non-hydrogen) atoms. The van der Waals surface area contributed by atoms with Gasteiger partial charge < -0.3 is 10.2 Å². The van der Waals surface area contributed by atoms with Crippen molar-refractivity contribution in [2.75, 3.05) is 16.5 Å². The summed E-state index contributed by atoms with van der Waals surface area (Å²) in [6, 6.07) is 17.0. The Kier molecular flexibility index (Phi) is 4.62. The summed E-state index contributed by atoms with van der Waals surface area (Å²) in [6.45, 7) is 3.76. The number of hydrogen-bond donors (Lipinski definition) is 1. The van der Waals surface area contributed by atoms with Gasteiger partial charge in [0.25, 0.3) is 0 Å². The predicted octanol–water partition coefficient (Wildman–Crippen LogP) is 4.71. The number of rotatable bonds is 3. The number of amides is 1. The van der Waals surface area contributed by atoms with Crippen molar-refractivity contribution in [2.24, 2.45) is 0 Å². The van der Waals surface area contributed by atoms with E-state index in [1.54, 1.807) is 18.7 Å². The Bertz CT molecular complexity index is 702. The van der Waals surface area contributed by atoms with Gasteiger partial charge in [0.15, 0.2) is 0 Å². The SMILES string of the molecule is CSc1ccc2c(c1)[C@H](Nc1ccccc1)C[C@H](C)N2C(C)=O. The first kappa shape index (κ1) is 15.9. The fourth-order valence-corrected chi connectivity index (χ4v) is 3.77. The molecule has 1 heterocycles. The van der Waals surface area contributed by atoms with Gasteiger partial charge in [0, 0.05) is 29.2 Å². The summed E-state index contributed by atoms with van der Waals surface area (Å²) in [7, 11) is 0. The number of carbonyl (C=O) groups excluding carboxylic acids is 1. The average Bonchev–Trinajstić information content (AvgIpc) is 2.55. The van der Waals surface area contributed by atoms with Crippen LogP contribution in [0.3, 0.4) is 0 Å². The average molecular weight is 326 g/mol. The van der Waals surface area contributed by atoms with Gasteiger partial charge in [-0.25, -0.2) is 0 Å². The number of nitrogens with zero attached hydrogens (tertiary/aromatic N) is 1. The van der Waals surface area contributed by atoms with E-state index in [2.05, 4.69) is 48.8 Å². The van der Waals surface area contributed by atoms with Crippen LogP contribution in [0.1, 0.15) is 31.9 Å². The van der Waals surface area contributed by atoms with Gasteiger partial charge in [-0.05, 0) is 55.5 Å². The number of anilines is 2. The van der Waals surface area contributed by atoms with Gasteiger partial charge >= 0.3 is 0 Å². The lowest BCUT2D eigenvalue weighted by molar-refractivity contribution is -0.117. The van der Waals surface area contributed by atoms with Gasteiger partial charge in [-0.3, -0.25) is 4.79 Å². The summed E-state index contributed by atoms with van der Waals surface area (Å²) in [5, 5.41) is 3.63. The third-order valence-electron chi connectivity index (χ3n) is 4.34. The van der Waals surface area contributed by atoms with Crippen molar-refractivity contribution in [1.82, 2.24) is 0 Å². The van der Waals surface area contributed by atoms with Gasteiger partial charge in [-0.2, -0.15) is 0 Å².